The van der Waals surface area contributed by atoms with Gasteiger partial charge in [-0.3, -0.25) is 14.6 Å². The Bertz CT molecular complexity index is 771. The van der Waals surface area contributed by atoms with Crippen molar-refractivity contribution in [2.24, 2.45) is 0 Å². The number of hydrogen-bond donors (Lipinski definition) is 1. The minimum atomic E-state index is -0.322. The lowest BCUT2D eigenvalue weighted by molar-refractivity contribution is 0.0303. The van der Waals surface area contributed by atoms with Crippen LogP contribution >= 0.6 is 0 Å². The molecule has 1 saturated heterocycles. The molecule has 2 heterocycles. The van der Waals surface area contributed by atoms with Crippen molar-refractivity contribution in [3.05, 3.63) is 59.4 Å². The number of methoxy groups -OCH3 is 1. The van der Waals surface area contributed by atoms with Crippen LogP contribution in [0, 0.1) is 0 Å². The van der Waals surface area contributed by atoms with E-state index in [4.69, 9.17) is 9.47 Å². The van der Waals surface area contributed by atoms with Crippen LogP contribution in [0.5, 0.6) is 5.75 Å². The van der Waals surface area contributed by atoms with Gasteiger partial charge in [-0.2, -0.15) is 0 Å². The molecule has 0 atom stereocenters. The number of amides is 2. The molecule has 1 aromatic heterocycles. The maximum Gasteiger partial charge on any atom is 0.270 e. The van der Waals surface area contributed by atoms with Crippen LogP contribution in [0.3, 0.4) is 0 Å². The van der Waals surface area contributed by atoms with Crippen molar-refractivity contribution in [1.29, 1.82) is 0 Å². The zero-order valence-corrected chi connectivity index (χ0v) is 14.6. The average Bonchev–Trinajstić information content (AvgIpc) is 2.72. The third kappa shape index (κ3) is 4.37. The summed E-state index contributed by atoms with van der Waals surface area (Å²) in [7, 11) is 1.60. The van der Waals surface area contributed by atoms with E-state index in [1.165, 1.54) is 12.3 Å². The fourth-order valence-electron chi connectivity index (χ4n) is 2.65. The van der Waals surface area contributed by atoms with E-state index in [2.05, 4.69) is 10.3 Å². The average molecular weight is 355 g/mol. The van der Waals surface area contributed by atoms with Crippen molar-refractivity contribution in [2.45, 2.75) is 6.54 Å². The number of nitrogens with zero attached hydrogens (tertiary/aromatic N) is 2. The minimum Gasteiger partial charge on any atom is -0.497 e. The number of aromatic nitrogens is 1. The van der Waals surface area contributed by atoms with Crippen molar-refractivity contribution >= 4 is 11.8 Å². The van der Waals surface area contributed by atoms with E-state index in [-0.39, 0.29) is 17.5 Å². The maximum absolute atomic E-state index is 12.5. The number of pyridine rings is 1. The molecule has 2 aromatic rings. The number of rotatable bonds is 5. The first-order valence-corrected chi connectivity index (χ1v) is 8.41. The lowest BCUT2D eigenvalue weighted by Gasteiger charge is -2.26. The molecule has 1 aliphatic heterocycles. The van der Waals surface area contributed by atoms with E-state index in [1.54, 1.807) is 18.1 Å². The number of carbonyl (C=O) groups is 2. The highest BCUT2D eigenvalue weighted by molar-refractivity contribution is 5.98. The molecular formula is C19H21N3O4. The Hall–Kier alpha value is -2.93. The van der Waals surface area contributed by atoms with Gasteiger partial charge in [0.15, 0.2) is 0 Å². The van der Waals surface area contributed by atoms with Gasteiger partial charge in [0.05, 0.1) is 20.3 Å². The topological polar surface area (TPSA) is 80.8 Å². The summed E-state index contributed by atoms with van der Waals surface area (Å²) in [6.45, 7) is 2.55. The Labute approximate surface area is 151 Å². The van der Waals surface area contributed by atoms with Gasteiger partial charge >= 0.3 is 0 Å². The second-order valence-corrected chi connectivity index (χ2v) is 5.87. The Morgan fingerprint density at radius 2 is 1.92 bits per heavy atom. The molecule has 1 fully saturated rings. The van der Waals surface area contributed by atoms with Crippen LogP contribution in [-0.2, 0) is 11.3 Å². The van der Waals surface area contributed by atoms with Crippen LogP contribution < -0.4 is 10.1 Å². The van der Waals surface area contributed by atoms with Gasteiger partial charge in [0, 0.05) is 31.4 Å². The van der Waals surface area contributed by atoms with Crippen molar-refractivity contribution in [3.8, 4) is 5.75 Å². The molecule has 136 valence electrons. The Morgan fingerprint density at radius 3 is 2.62 bits per heavy atom. The quantitative estimate of drug-likeness (QED) is 0.879. The number of hydrogen-bond acceptors (Lipinski definition) is 5. The van der Waals surface area contributed by atoms with Crippen molar-refractivity contribution in [3.63, 3.8) is 0 Å². The van der Waals surface area contributed by atoms with Crippen LogP contribution in [-0.4, -0.2) is 55.1 Å². The third-order valence-electron chi connectivity index (χ3n) is 4.15. The summed E-state index contributed by atoms with van der Waals surface area (Å²) in [4.78, 5) is 30.7. The van der Waals surface area contributed by atoms with Crippen LogP contribution in [0.1, 0.15) is 26.4 Å². The van der Waals surface area contributed by atoms with Gasteiger partial charge in [-0.25, -0.2) is 0 Å². The SMILES string of the molecule is COc1ccc(CNC(=O)c2cc(C(=O)N3CCOCC3)ccn2)cc1. The zero-order valence-electron chi connectivity index (χ0n) is 14.6. The molecule has 1 aliphatic rings. The first kappa shape index (κ1) is 17.9. The maximum atomic E-state index is 12.5. The van der Waals surface area contributed by atoms with Crippen LogP contribution in [0.25, 0.3) is 0 Å². The molecule has 0 spiro atoms. The van der Waals surface area contributed by atoms with E-state index in [9.17, 15) is 9.59 Å². The lowest BCUT2D eigenvalue weighted by Crippen LogP contribution is -2.40. The van der Waals surface area contributed by atoms with E-state index in [1.807, 2.05) is 24.3 Å². The summed E-state index contributed by atoms with van der Waals surface area (Å²) in [6, 6.07) is 10.6. The highest BCUT2D eigenvalue weighted by Gasteiger charge is 2.19. The fourth-order valence-corrected chi connectivity index (χ4v) is 2.65. The van der Waals surface area contributed by atoms with Crippen molar-refractivity contribution < 1.29 is 19.1 Å². The van der Waals surface area contributed by atoms with Crippen molar-refractivity contribution in [2.75, 3.05) is 33.4 Å². The molecule has 2 amide bonds. The summed E-state index contributed by atoms with van der Waals surface area (Å²) < 4.78 is 10.4. The number of benzene rings is 1. The van der Waals surface area contributed by atoms with Gasteiger partial charge in [-0.05, 0) is 29.8 Å². The second-order valence-electron chi connectivity index (χ2n) is 5.87. The molecule has 26 heavy (non-hydrogen) atoms. The predicted octanol–water partition coefficient (Wildman–Crippen LogP) is 1.49. The predicted molar refractivity (Wildman–Crippen MR) is 95.1 cm³/mol. The Balaban J connectivity index is 1.62. The minimum absolute atomic E-state index is 0.111. The summed E-state index contributed by atoms with van der Waals surface area (Å²) >= 11 is 0. The van der Waals surface area contributed by atoms with Gasteiger partial charge in [-0.15, -0.1) is 0 Å². The Kier molecular flexibility index (Phi) is 5.80. The standard InChI is InChI=1S/C19H21N3O4/c1-25-16-4-2-14(3-5-16)13-21-18(23)17-12-15(6-7-20-17)19(24)22-8-10-26-11-9-22/h2-7,12H,8-11,13H2,1H3,(H,21,23). The molecule has 7 heteroatoms. The zero-order chi connectivity index (χ0) is 18.4. The molecule has 1 aromatic carbocycles. The fraction of sp³-hybridized carbons (Fsp3) is 0.316. The normalized spacial score (nSPS) is 14.0. The van der Waals surface area contributed by atoms with Gasteiger partial charge in [0.1, 0.15) is 11.4 Å². The monoisotopic (exact) mass is 355 g/mol. The molecule has 3 rings (SSSR count). The first-order chi connectivity index (χ1) is 12.7. The summed E-state index contributed by atoms with van der Waals surface area (Å²) in [5.74, 6) is 0.327. The molecule has 0 bridgehead atoms. The summed E-state index contributed by atoms with van der Waals surface area (Å²) in [5, 5.41) is 2.81. The molecular weight excluding hydrogens is 334 g/mol. The largest absolute Gasteiger partial charge is 0.497 e. The van der Waals surface area contributed by atoms with Gasteiger partial charge in [0.25, 0.3) is 11.8 Å². The van der Waals surface area contributed by atoms with E-state index in [0.29, 0.717) is 38.4 Å². The Morgan fingerprint density at radius 1 is 1.19 bits per heavy atom. The van der Waals surface area contributed by atoms with Crippen molar-refractivity contribution in [1.82, 2.24) is 15.2 Å². The lowest BCUT2D eigenvalue weighted by atomic mass is 10.1. The number of carbonyl (C=O) groups excluding carboxylic acids is 2. The highest BCUT2D eigenvalue weighted by atomic mass is 16.5. The molecule has 1 N–H and O–H groups in total. The molecule has 0 aliphatic carbocycles. The number of ether oxygens (including phenoxy) is 2. The molecule has 0 radical (unpaired) electrons. The number of nitrogens with one attached hydrogen (secondary N) is 1. The summed E-state index contributed by atoms with van der Waals surface area (Å²) in [6.07, 6.45) is 1.48. The second kappa shape index (κ2) is 8.44. The molecule has 7 nitrogen and oxygen atoms in total. The first-order valence-electron chi connectivity index (χ1n) is 8.41. The van der Waals surface area contributed by atoms with E-state index in [0.717, 1.165) is 11.3 Å². The van der Waals surface area contributed by atoms with Gasteiger partial charge < -0.3 is 19.7 Å². The van der Waals surface area contributed by atoms with Crippen LogP contribution in [0.4, 0.5) is 0 Å². The molecule has 0 saturated carbocycles. The van der Waals surface area contributed by atoms with Gasteiger partial charge in [-0.1, -0.05) is 12.1 Å². The van der Waals surface area contributed by atoms with Gasteiger partial charge in [0.2, 0.25) is 0 Å². The van der Waals surface area contributed by atoms with E-state index >= 15 is 0 Å². The molecule has 0 unspecified atom stereocenters. The van der Waals surface area contributed by atoms with Crippen LogP contribution in [0.15, 0.2) is 42.6 Å². The smallest absolute Gasteiger partial charge is 0.270 e. The van der Waals surface area contributed by atoms with Crippen LogP contribution in [0.2, 0.25) is 0 Å². The highest BCUT2D eigenvalue weighted by Crippen LogP contribution is 2.12. The third-order valence-corrected chi connectivity index (χ3v) is 4.15. The summed E-state index contributed by atoms with van der Waals surface area (Å²) in [5.41, 5.74) is 1.62. The van der Waals surface area contributed by atoms with E-state index < -0.39 is 0 Å². The number of morpholine rings is 1.